The SMILES string of the molecule is CC(C)(C)n1cc(C(=O)NCC(=O)N2CC(C(=O)Nc3ccccc3)CC2C#N)cn1.CC1CC1. The predicted molar refractivity (Wildman–Crippen MR) is 132 cm³/mol. The van der Waals surface area contributed by atoms with Gasteiger partial charge in [-0.05, 0) is 45.2 Å². The number of nitrogens with zero attached hydrogens (tertiary/aromatic N) is 4. The number of carbonyl (C=O) groups excluding carboxylic acids is 3. The van der Waals surface area contributed by atoms with Gasteiger partial charge in [-0.15, -0.1) is 0 Å². The molecule has 2 fully saturated rings. The second-order valence-corrected chi connectivity index (χ2v) is 10.2. The van der Waals surface area contributed by atoms with Gasteiger partial charge in [-0.2, -0.15) is 10.4 Å². The number of hydrogen-bond acceptors (Lipinski definition) is 5. The van der Waals surface area contributed by atoms with E-state index in [4.69, 9.17) is 0 Å². The molecule has 3 amide bonds. The number of hydrogen-bond donors (Lipinski definition) is 2. The summed E-state index contributed by atoms with van der Waals surface area (Å²) < 4.78 is 1.67. The summed E-state index contributed by atoms with van der Waals surface area (Å²) in [4.78, 5) is 38.9. The van der Waals surface area contributed by atoms with Gasteiger partial charge in [-0.1, -0.05) is 38.0 Å². The Labute approximate surface area is 206 Å². The number of para-hydroxylation sites is 1. The number of likely N-dealkylation sites (tertiary alicyclic amines) is 1. The molecule has 2 N–H and O–H groups in total. The summed E-state index contributed by atoms with van der Waals surface area (Å²) in [5.74, 6) is -0.469. The van der Waals surface area contributed by atoms with Crippen molar-refractivity contribution in [3.05, 3.63) is 48.3 Å². The Bertz CT molecular complexity index is 1080. The van der Waals surface area contributed by atoms with Gasteiger partial charge in [0.25, 0.3) is 5.91 Å². The number of amides is 3. The Kier molecular flexibility index (Phi) is 8.28. The smallest absolute Gasteiger partial charge is 0.254 e. The lowest BCUT2D eigenvalue weighted by molar-refractivity contribution is -0.130. The molecule has 9 heteroatoms. The molecular weight excluding hydrogens is 444 g/mol. The zero-order valence-electron chi connectivity index (χ0n) is 20.8. The molecule has 2 aromatic rings. The van der Waals surface area contributed by atoms with Crippen LogP contribution >= 0.6 is 0 Å². The van der Waals surface area contributed by atoms with Crippen LogP contribution in [0.2, 0.25) is 0 Å². The summed E-state index contributed by atoms with van der Waals surface area (Å²) in [5.41, 5.74) is 0.745. The van der Waals surface area contributed by atoms with E-state index in [0.717, 1.165) is 5.92 Å². The third-order valence-corrected chi connectivity index (χ3v) is 5.98. The minimum absolute atomic E-state index is 0.132. The Balaban J connectivity index is 0.000000775. The van der Waals surface area contributed by atoms with Crippen LogP contribution in [0, 0.1) is 23.2 Å². The fourth-order valence-corrected chi connectivity index (χ4v) is 3.52. The molecular formula is C26H34N6O3. The normalized spacial score (nSPS) is 19.2. The van der Waals surface area contributed by atoms with E-state index in [2.05, 4.69) is 28.7 Å². The van der Waals surface area contributed by atoms with Gasteiger partial charge in [-0.3, -0.25) is 19.1 Å². The Morgan fingerprint density at radius 2 is 1.83 bits per heavy atom. The molecule has 2 unspecified atom stereocenters. The highest BCUT2D eigenvalue weighted by Crippen LogP contribution is 2.27. The molecule has 2 heterocycles. The number of carbonyl (C=O) groups is 3. The summed E-state index contributed by atoms with van der Waals surface area (Å²) in [6.07, 6.45) is 6.30. The van der Waals surface area contributed by atoms with E-state index in [9.17, 15) is 19.6 Å². The van der Waals surface area contributed by atoms with Gasteiger partial charge in [0.15, 0.2) is 0 Å². The number of rotatable bonds is 5. The first-order valence-electron chi connectivity index (χ1n) is 12.0. The van der Waals surface area contributed by atoms with Gasteiger partial charge in [0.2, 0.25) is 11.8 Å². The number of nitriles is 1. The van der Waals surface area contributed by atoms with Crippen LogP contribution in [0.15, 0.2) is 42.7 Å². The lowest BCUT2D eigenvalue weighted by Crippen LogP contribution is -2.42. The van der Waals surface area contributed by atoms with Crippen molar-refractivity contribution in [3.63, 3.8) is 0 Å². The van der Waals surface area contributed by atoms with Crippen LogP contribution in [-0.2, 0) is 15.1 Å². The van der Waals surface area contributed by atoms with E-state index >= 15 is 0 Å². The minimum atomic E-state index is -0.709. The summed E-state index contributed by atoms with van der Waals surface area (Å²) in [6, 6.07) is 10.4. The quantitative estimate of drug-likeness (QED) is 0.684. The van der Waals surface area contributed by atoms with Crippen molar-refractivity contribution in [3.8, 4) is 6.07 Å². The molecule has 2 aliphatic rings. The van der Waals surface area contributed by atoms with Crippen LogP contribution in [0.4, 0.5) is 5.69 Å². The lowest BCUT2D eigenvalue weighted by atomic mass is 10.1. The first-order valence-corrected chi connectivity index (χ1v) is 12.0. The van der Waals surface area contributed by atoms with Crippen molar-refractivity contribution < 1.29 is 14.4 Å². The fraction of sp³-hybridized carbons (Fsp3) is 0.500. The molecule has 0 radical (unpaired) electrons. The van der Waals surface area contributed by atoms with Gasteiger partial charge in [0.05, 0.1) is 35.8 Å². The Hall–Kier alpha value is -3.67. The van der Waals surface area contributed by atoms with Crippen LogP contribution in [0.3, 0.4) is 0 Å². The molecule has 1 aliphatic carbocycles. The minimum Gasteiger partial charge on any atom is -0.343 e. The number of benzene rings is 1. The highest BCUT2D eigenvalue weighted by molar-refractivity contribution is 5.97. The summed E-state index contributed by atoms with van der Waals surface area (Å²) in [7, 11) is 0. The van der Waals surface area contributed by atoms with Crippen molar-refractivity contribution in [2.75, 3.05) is 18.4 Å². The molecule has 1 aliphatic heterocycles. The van der Waals surface area contributed by atoms with Crippen LogP contribution in [0.25, 0.3) is 0 Å². The van der Waals surface area contributed by atoms with E-state index in [0.29, 0.717) is 11.3 Å². The lowest BCUT2D eigenvalue weighted by Gasteiger charge is -2.20. The molecule has 2 atom stereocenters. The highest BCUT2D eigenvalue weighted by atomic mass is 16.2. The highest BCUT2D eigenvalue weighted by Gasteiger charge is 2.38. The molecule has 0 bridgehead atoms. The number of anilines is 1. The largest absolute Gasteiger partial charge is 0.343 e. The van der Waals surface area contributed by atoms with E-state index in [1.807, 2.05) is 39.0 Å². The molecule has 9 nitrogen and oxygen atoms in total. The van der Waals surface area contributed by atoms with Crippen molar-refractivity contribution in [1.29, 1.82) is 5.26 Å². The van der Waals surface area contributed by atoms with Gasteiger partial charge in [-0.25, -0.2) is 0 Å². The van der Waals surface area contributed by atoms with Gasteiger partial charge in [0, 0.05) is 18.4 Å². The average Bonchev–Trinajstić information content (AvgIpc) is 3.30. The molecule has 35 heavy (non-hydrogen) atoms. The van der Waals surface area contributed by atoms with Crippen LogP contribution in [0.1, 0.15) is 57.3 Å². The zero-order chi connectivity index (χ0) is 25.6. The van der Waals surface area contributed by atoms with Crippen LogP contribution in [0.5, 0.6) is 0 Å². The van der Waals surface area contributed by atoms with Crippen molar-refractivity contribution in [2.24, 2.45) is 11.8 Å². The molecule has 1 aromatic heterocycles. The van der Waals surface area contributed by atoms with Gasteiger partial charge < -0.3 is 15.5 Å². The fourth-order valence-electron chi connectivity index (χ4n) is 3.52. The third kappa shape index (κ3) is 7.41. The molecule has 186 valence electrons. The van der Waals surface area contributed by atoms with E-state index < -0.39 is 23.8 Å². The van der Waals surface area contributed by atoms with E-state index in [1.54, 1.807) is 23.0 Å². The van der Waals surface area contributed by atoms with E-state index in [1.165, 1.54) is 23.9 Å². The van der Waals surface area contributed by atoms with Crippen molar-refractivity contribution >= 4 is 23.4 Å². The number of nitrogens with one attached hydrogen (secondary N) is 2. The molecule has 0 spiro atoms. The van der Waals surface area contributed by atoms with Crippen molar-refractivity contribution in [2.45, 2.75) is 58.5 Å². The standard InChI is InChI=1S/C22H26N6O3.C4H8/c1-22(2,3)28-14-16(11-25-28)20(30)24-12-19(29)27-13-15(9-18(27)10-23)21(31)26-17-7-5-4-6-8-17;1-4-2-3-4/h4-8,11,14-15,18H,9,12-13H2,1-3H3,(H,24,30)(H,26,31);4H,2-3H2,1H3. The van der Waals surface area contributed by atoms with Gasteiger partial charge in [0.1, 0.15) is 6.04 Å². The third-order valence-electron chi connectivity index (χ3n) is 5.98. The maximum Gasteiger partial charge on any atom is 0.254 e. The molecule has 1 saturated carbocycles. The monoisotopic (exact) mass is 478 g/mol. The molecule has 4 rings (SSSR count). The van der Waals surface area contributed by atoms with Crippen LogP contribution in [-0.4, -0.2) is 51.5 Å². The summed E-state index contributed by atoms with van der Waals surface area (Å²) in [5, 5.41) is 19.0. The predicted octanol–water partition coefficient (Wildman–Crippen LogP) is 3.16. The van der Waals surface area contributed by atoms with Crippen molar-refractivity contribution in [1.82, 2.24) is 20.0 Å². The first-order chi connectivity index (χ1) is 16.6. The Morgan fingerprint density at radius 1 is 1.17 bits per heavy atom. The second kappa shape index (κ2) is 11.2. The molecule has 1 saturated heterocycles. The molecule has 1 aromatic carbocycles. The first kappa shape index (κ1) is 25.9. The van der Waals surface area contributed by atoms with Gasteiger partial charge >= 0.3 is 0 Å². The Morgan fingerprint density at radius 3 is 2.37 bits per heavy atom. The van der Waals surface area contributed by atoms with Crippen LogP contribution < -0.4 is 10.6 Å². The summed E-state index contributed by atoms with van der Waals surface area (Å²) >= 11 is 0. The maximum absolute atomic E-state index is 12.6. The van der Waals surface area contributed by atoms with E-state index in [-0.39, 0.29) is 31.0 Å². The second-order valence-electron chi connectivity index (χ2n) is 10.2. The number of aromatic nitrogens is 2. The zero-order valence-corrected chi connectivity index (χ0v) is 20.8. The summed E-state index contributed by atoms with van der Waals surface area (Å²) in [6.45, 7) is 8.04. The topological polar surface area (TPSA) is 120 Å². The maximum atomic E-state index is 12.6. The average molecular weight is 479 g/mol.